The molecule has 0 saturated carbocycles. The first-order valence-electron chi connectivity index (χ1n) is 5.79. The number of hydrogen-bond donors (Lipinski definition) is 2. The molecule has 0 aromatic carbocycles. The van der Waals surface area contributed by atoms with Gasteiger partial charge in [-0.2, -0.15) is 0 Å². The van der Waals surface area contributed by atoms with Crippen molar-refractivity contribution in [2.75, 3.05) is 13.1 Å². The normalized spacial score (nSPS) is 16.6. The first-order valence-corrected chi connectivity index (χ1v) is 6.73. The molecular formula is C11H15N3O3S. The molecule has 1 aliphatic rings. The predicted octanol–water partition coefficient (Wildman–Crippen LogP) is 1.15. The van der Waals surface area contributed by atoms with E-state index in [1.165, 1.54) is 11.3 Å². The van der Waals surface area contributed by atoms with Crippen LogP contribution in [0.2, 0.25) is 0 Å². The Bertz CT molecular complexity index is 413. The Balaban J connectivity index is 1.75. The maximum absolute atomic E-state index is 11.8. The monoisotopic (exact) mass is 269 g/mol. The van der Waals surface area contributed by atoms with E-state index in [1.54, 1.807) is 10.4 Å². The SMILES string of the molecule is O=C(O)C1CCN(C(=O)NCc2cscn2)CC1. The molecule has 6 nitrogen and oxygen atoms in total. The van der Waals surface area contributed by atoms with Gasteiger partial charge in [-0.3, -0.25) is 4.79 Å². The van der Waals surface area contributed by atoms with E-state index in [1.807, 2.05) is 5.38 Å². The van der Waals surface area contributed by atoms with Crippen LogP contribution in [0, 0.1) is 5.92 Å². The third-order valence-corrected chi connectivity index (χ3v) is 3.67. The number of carboxylic acid groups (broad SMARTS) is 1. The molecule has 0 atom stereocenters. The summed E-state index contributed by atoms with van der Waals surface area (Å²) < 4.78 is 0. The van der Waals surface area contributed by atoms with Crippen LogP contribution in [0.5, 0.6) is 0 Å². The second kappa shape index (κ2) is 5.81. The Labute approximate surface area is 109 Å². The van der Waals surface area contributed by atoms with E-state index in [0.717, 1.165) is 5.69 Å². The van der Waals surface area contributed by atoms with Crippen molar-refractivity contribution in [3.8, 4) is 0 Å². The number of urea groups is 1. The molecule has 18 heavy (non-hydrogen) atoms. The molecule has 2 amide bonds. The second-order valence-electron chi connectivity index (χ2n) is 4.24. The number of carbonyl (C=O) groups is 2. The molecule has 98 valence electrons. The van der Waals surface area contributed by atoms with E-state index < -0.39 is 5.97 Å². The molecule has 7 heteroatoms. The van der Waals surface area contributed by atoms with Crippen LogP contribution in [0.4, 0.5) is 4.79 Å². The van der Waals surface area contributed by atoms with Gasteiger partial charge >= 0.3 is 12.0 Å². The molecule has 0 radical (unpaired) electrons. The minimum absolute atomic E-state index is 0.146. The van der Waals surface area contributed by atoms with E-state index in [-0.39, 0.29) is 11.9 Å². The molecule has 2 N–H and O–H groups in total. The summed E-state index contributed by atoms with van der Waals surface area (Å²) in [5.74, 6) is -1.08. The van der Waals surface area contributed by atoms with Gasteiger partial charge in [-0.15, -0.1) is 11.3 Å². The molecule has 2 rings (SSSR count). The molecule has 0 spiro atoms. The Morgan fingerprint density at radius 3 is 2.78 bits per heavy atom. The van der Waals surface area contributed by atoms with Crippen LogP contribution >= 0.6 is 11.3 Å². The third kappa shape index (κ3) is 3.19. The number of rotatable bonds is 3. The summed E-state index contributed by atoms with van der Waals surface area (Å²) in [6, 6.07) is -0.146. The van der Waals surface area contributed by atoms with Crippen LogP contribution in [-0.2, 0) is 11.3 Å². The van der Waals surface area contributed by atoms with Gasteiger partial charge in [-0.1, -0.05) is 0 Å². The van der Waals surface area contributed by atoms with Crippen LogP contribution in [0.25, 0.3) is 0 Å². The number of carbonyl (C=O) groups excluding carboxylic acids is 1. The summed E-state index contributed by atoms with van der Waals surface area (Å²) in [7, 11) is 0. The Hall–Kier alpha value is -1.63. The highest BCUT2D eigenvalue weighted by Gasteiger charge is 2.26. The summed E-state index contributed by atoms with van der Waals surface area (Å²) in [5.41, 5.74) is 2.56. The van der Waals surface area contributed by atoms with Gasteiger partial charge in [0, 0.05) is 18.5 Å². The standard InChI is InChI=1S/C11H15N3O3S/c15-10(16)8-1-3-14(4-2-8)11(17)12-5-9-6-18-7-13-9/h6-8H,1-5H2,(H,12,17)(H,15,16). The summed E-state index contributed by atoms with van der Waals surface area (Å²) in [6.45, 7) is 1.42. The van der Waals surface area contributed by atoms with Crippen molar-refractivity contribution >= 4 is 23.3 Å². The highest BCUT2D eigenvalue weighted by molar-refractivity contribution is 7.07. The van der Waals surface area contributed by atoms with Crippen molar-refractivity contribution in [2.24, 2.45) is 5.92 Å². The summed E-state index contributed by atoms with van der Waals surface area (Å²) in [5, 5.41) is 13.5. The first kappa shape index (κ1) is 12.8. The maximum atomic E-state index is 11.8. The van der Waals surface area contributed by atoms with Crippen molar-refractivity contribution < 1.29 is 14.7 Å². The number of hydrogen-bond acceptors (Lipinski definition) is 4. The Morgan fingerprint density at radius 2 is 2.22 bits per heavy atom. The average Bonchev–Trinajstić information content (AvgIpc) is 2.89. The smallest absolute Gasteiger partial charge is 0.317 e. The van der Waals surface area contributed by atoms with E-state index in [2.05, 4.69) is 10.3 Å². The fourth-order valence-electron chi connectivity index (χ4n) is 1.93. The van der Waals surface area contributed by atoms with Crippen molar-refractivity contribution in [2.45, 2.75) is 19.4 Å². The number of aromatic nitrogens is 1. The number of aliphatic carboxylic acids is 1. The largest absolute Gasteiger partial charge is 0.481 e. The van der Waals surface area contributed by atoms with Crippen molar-refractivity contribution in [3.05, 3.63) is 16.6 Å². The maximum Gasteiger partial charge on any atom is 0.317 e. The quantitative estimate of drug-likeness (QED) is 0.862. The first-order chi connectivity index (χ1) is 8.66. The predicted molar refractivity (Wildman–Crippen MR) is 66.3 cm³/mol. The molecule has 0 aliphatic carbocycles. The number of nitrogens with zero attached hydrogens (tertiary/aromatic N) is 2. The highest BCUT2D eigenvalue weighted by atomic mass is 32.1. The molecule has 1 fully saturated rings. The van der Waals surface area contributed by atoms with E-state index in [0.29, 0.717) is 32.5 Å². The topological polar surface area (TPSA) is 82.5 Å². The molecule has 2 heterocycles. The molecule has 1 aliphatic heterocycles. The van der Waals surface area contributed by atoms with Crippen molar-refractivity contribution in [1.29, 1.82) is 0 Å². The van der Waals surface area contributed by atoms with E-state index in [4.69, 9.17) is 5.11 Å². The number of thiazole rings is 1. The summed E-state index contributed by atoms with van der Waals surface area (Å²) in [6.07, 6.45) is 1.05. The van der Waals surface area contributed by atoms with Crippen molar-refractivity contribution in [1.82, 2.24) is 15.2 Å². The summed E-state index contributed by atoms with van der Waals surface area (Å²) >= 11 is 1.49. The highest BCUT2D eigenvalue weighted by Crippen LogP contribution is 2.17. The van der Waals surface area contributed by atoms with Crippen LogP contribution in [-0.4, -0.2) is 40.1 Å². The Morgan fingerprint density at radius 1 is 1.50 bits per heavy atom. The van der Waals surface area contributed by atoms with Crippen LogP contribution in [0.1, 0.15) is 18.5 Å². The number of nitrogens with one attached hydrogen (secondary N) is 1. The molecule has 1 saturated heterocycles. The van der Waals surface area contributed by atoms with Gasteiger partial charge in [0.1, 0.15) is 0 Å². The van der Waals surface area contributed by atoms with Gasteiger partial charge in [0.25, 0.3) is 0 Å². The van der Waals surface area contributed by atoms with Gasteiger partial charge in [0.2, 0.25) is 0 Å². The minimum atomic E-state index is -0.766. The van der Waals surface area contributed by atoms with Gasteiger partial charge in [0.15, 0.2) is 0 Å². The van der Waals surface area contributed by atoms with Gasteiger partial charge in [0.05, 0.1) is 23.7 Å². The lowest BCUT2D eigenvalue weighted by Gasteiger charge is -2.30. The average molecular weight is 269 g/mol. The van der Waals surface area contributed by atoms with Gasteiger partial charge < -0.3 is 15.3 Å². The van der Waals surface area contributed by atoms with Crippen LogP contribution in [0.15, 0.2) is 10.9 Å². The fourth-order valence-corrected chi connectivity index (χ4v) is 2.49. The number of piperidine rings is 1. The lowest BCUT2D eigenvalue weighted by molar-refractivity contribution is -0.143. The lowest BCUT2D eigenvalue weighted by atomic mass is 9.97. The van der Waals surface area contributed by atoms with Gasteiger partial charge in [-0.05, 0) is 12.8 Å². The molecular weight excluding hydrogens is 254 g/mol. The lowest BCUT2D eigenvalue weighted by Crippen LogP contribution is -2.45. The fraction of sp³-hybridized carbons (Fsp3) is 0.545. The van der Waals surface area contributed by atoms with Crippen molar-refractivity contribution in [3.63, 3.8) is 0 Å². The van der Waals surface area contributed by atoms with Crippen LogP contribution in [0.3, 0.4) is 0 Å². The number of carboxylic acids is 1. The second-order valence-corrected chi connectivity index (χ2v) is 4.96. The van der Waals surface area contributed by atoms with E-state index >= 15 is 0 Å². The molecule has 0 bridgehead atoms. The van der Waals surface area contributed by atoms with E-state index in [9.17, 15) is 9.59 Å². The molecule has 0 unspecified atom stereocenters. The summed E-state index contributed by atoms with van der Waals surface area (Å²) in [4.78, 5) is 28.3. The zero-order chi connectivity index (χ0) is 13.0. The Kier molecular flexibility index (Phi) is 4.14. The minimum Gasteiger partial charge on any atom is -0.481 e. The zero-order valence-corrected chi connectivity index (χ0v) is 10.7. The third-order valence-electron chi connectivity index (χ3n) is 3.04. The zero-order valence-electron chi connectivity index (χ0n) is 9.83. The number of likely N-dealkylation sites (tertiary alicyclic amines) is 1. The van der Waals surface area contributed by atoms with Crippen LogP contribution < -0.4 is 5.32 Å². The molecule has 1 aromatic heterocycles. The number of amides is 2. The van der Waals surface area contributed by atoms with Gasteiger partial charge in [-0.25, -0.2) is 9.78 Å². The molecule has 1 aromatic rings.